The fourth-order valence-corrected chi connectivity index (χ4v) is 3.55. The summed E-state index contributed by atoms with van der Waals surface area (Å²) in [6.07, 6.45) is 0. The Balaban J connectivity index is 1.61. The molecule has 0 unspecified atom stereocenters. The number of benzene rings is 2. The molecule has 4 nitrogen and oxygen atoms in total. The van der Waals surface area contributed by atoms with Crippen LogP contribution < -0.4 is 10.2 Å². The maximum Gasteiger partial charge on any atom is 0.173 e. The van der Waals surface area contributed by atoms with E-state index in [0.29, 0.717) is 10.7 Å². The van der Waals surface area contributed by atoms with Gasteiger partial charge in [-0.25, -0.2) is 0 Å². The number of rotatable bonds is 3. The molecule has 0 atom stereocenters. The summed E-state index contributed by atoms with van der Waals surface area (Å²) in [6.45, 7) is 9.56. The number of anilines is 2. The zero-order valence-corrected chi connectivity index (χ0v) is 16.4. The lowest BCUT2D eigenvalue weighted by molar-refractivity contribution is 0.101. The van der Waals surface area contributed by atoms with Crippen molar-refractivity contribution in [2.75, 3.05) is 36.4 Å². The number of hydrogen-bond donors (Lipinski definition) is 1. The van der Waals surface area contributed by atoms with E-state index < -0.39 is 0 Å². The molecular formula is C21H25N3OS. The van der Waals surface area contributed by atoms with Crippen molar-refractivity contribution in [3.63, 3.8) is 0 Å². The summed E-state index contributed by atoms with van der Waals surface area (Å²) >= 11 is 5.58. The molecule has 0 aliphatic carbocycles. The number of thiocarbonyl (C=S) groups is 1. The van der Waals surface area contributed by atoms with E-state index in [4.69, 9.17) is 12.2 Å². The number of aryl methyl sites for hydroxylation is 1. The van der Waals surface area contributed by atoms with Crippen LogP contribution >= 0.6 is 12.2 Å². The number of Topliss-reactive ketones (excluding diaryl/α,β-unsaturated/α-hetero) is 1. The van der Waals surface area contributed by atoms with E-state index in [-0.39, 0.29) is 5.78 Å². The van der Waals surface area contributed by atoms with E-state index in [0.717, 1.165) is 31.9 Å². The predicted molar refractivity (Wildman–Crippen MR) is 112 cm³/mol. The molecule has 5 heteroatoms. The summed E-state index contributed by atoms with van der Waals surface area (Å²) in [5.74, 6) is 0.0571. The van der Waals surface area contributed by atoms with Gasteiger partial charge in [0.1, 0.15) is 0 Å². The highest BCUT2D eigenvalue weighted by Crippen LogP contribution is 2.24. The third-order valence-electron chi connectivity index (χ3n) is 5.00. The molecule has 0 aromatic heterocycles. The molecule has 136 valence electrons. The molecule has 0 spiro atoms. The quantitative estimate of drug-likeness (QED) is 0.655. The van der Waals surface area contributed by atoms with Crippen molar-refractivity contribution in [2.45, 2.75) is 20.8 Å². The summed E-state index contributed by atoms with van der Waals surface area (Å²) in [7, 11) is 0. The Labute approximate surface area is 160 Å². The minimum Gasteiger partial charge on any atom is -0.368 e. The van der Waals surface area contributed by atoms with Crippen molar-refractivity contribution in [2.24, 2.45) is 0 Å². The molecule has 0 bridgehead atoms. The van der Waals surface area contributed by atoms with Gasteiger partial charge in [-0.1, -0.05) is 24.3 Å². The van der Waals surface area contributed by atoms with Crippen LogP contribution in [0.15, 0.2) is 42.5 Å². The van der Waals surface area contributed by atoms with Crippen molar-refractivity contribution in [1.29, 1.82) is 0 Å². The lowest BCUT2D eigenvalue weighted by atomic mass is 10.1. The Bertz CT molecular complexity index is 826. The van der Waals surface area contributed by atoms with Crippen LogP contribution in [0.4, 0.5) is 11.4 Å². The highest BCUT2D eigenvalue weighted by molar-refractivity contribution is 7.80. The van der Waals surface area contributed by atoms with Gasteiger partial charge in [-0.2, -0.15) is 0 Å². The molecule has 1 saturated heterocycles. The first kappa shape index (κ1) is 18.4. The molecule has 2 aromatic rings. The first-order valence-electron chi connectivity index (χ1n) is 8.94. The molecule has 1 aliphatic heterocycles. The second-order valence-electron chi connectivity index (χ2n) is 6.76. The maximum absolute atomic E-state index is 11.5. The second-order valence-corrected chi connectivity index (χ2v) is 7.15. The Morgan fingerprint density at radius 1 is 1.04 bits per heavy atom. The number of piperazine rings is 1. The maximum atomic E-state index is 11.5. The van der Waals surface area contributed by atoms with E-state index in [1.807, 2.05) is 24.3 Å². The number of nitrogens with zero attached hydrogens (tertiary/aromatic N) is 2. The molecule has 0 radical (unpaired) electrons. The molecule has 26 heavy (non-hydrogen) atoms. The normalized spacial score (nSPS) is 14.3. The smallest absolute Gasteiger partial charge is 0.173 e. The van der Waals surface area contributed by atoms with Gasteiger partial charge in [0.15, 0.2) is 10.9 Å². The summed E-state index contributed by atoms with van der Waals surface area (Å²) < 4.78 is 0. The Kier molecular flexibility index (Phi) is 5.57. The Morgan fingerprint density at radius 3 is 2.42 bits per heavy atom. The second kappa shape index (κ2) is 7.87. The Hall–Kier alpha value is -2.40. The standard InChI is InChI=1S/C21H25N3OS/c1-15-6-4-9-20(16(15)2)23-10-12-24(13-11-23)21(26)22-19-8-5-7-18(14-19)17(3)25/h4-9,14H,10-13H2,1-3H3,(H,22,26). The predicted octanol–water partition coefficient (Wildman–Crippen LogP) is 4.03. The van der Waals surface area contributed by atoms with Crippen LogP contribution in [0.25, 0.3) is 0 Å². The molecule has 1 fully saturated rings. The van der Waals surface area contributed by atoms with E-state index in [1.165, 1.54) is 16.8 Å². The van der Waals surface area contributed by atoms with Gasteiger partial charge in [-0.15, -0.1) is 0 Å². The minimum absolute atomic E-state index is 0.0571. The number of carbonyl (C=O) groups excluding carboxylic acids is 1. The number of hydrogen-bond acceptors (Lipinski definition) is 3. The van der Waals surface area contributed by atoms with Crippen molar-refractivity contribution >= 4 is 34.5 Å². The zero-order chi connectivity index (χ0) is 18.7. The summed E-state index contributed by atoms with van der Waals surface area (Å²) in [4.78, 5) is 16.2. The van der Waals surface area contributed by atoms with Gasteiger partial charge in [0.2, 0.25) is 0 Å². The largest absolute Gasteiger partial charge is 0.368 e. The first-order valence-corrected chi connectivity index (χ1v) is 9.34. The van der Waals surface area contributed by atoms with Crippen LogP contribution in [0.5, 0.6) is 0 Å². The van der Waals surface area contributed by atoms with Crippen LogP contribution in [-0.2, 0) is 0 Å². The molecule has 2 aromatic carbocycles. The van der Waals surface area contributed by atoms with Gasteiger partial charge in [0.25, 0.3) is 0 Å². The topological polar surface area (TPSA) is 35.6 Å². The minimum atomic E-state index is 0.0571. The van der Waals surface area contributed by atoms with Crippen LogP contribution in [0.2, 0.25) is 0 Å². The summed E-state index contributed by atoms with van der Waals surface area (Å²) in [6, 6.07) is 14.0. The number of nitrogens with one attached hydrogen (secondary N) is 1. The zero-order valence-electron chi connectivity index (χ0n) is 15.6. The molecular weight excluding hydrogens is 342 g/mol. The molecule has 0 saturated carbocycles. The van der Waals surface area contributed by atoms with E-state index >= 15 is 0 Å². The van der Waals surface area contributed by atoms with Gasteiger partial charge in [-0.3, -0.25) is 4.79 Å². The van der Waals surface area contributed by atoms with Crippen LogP contribution in [0, 0.1) is 13.8 Å². The van der Waals surface area contributed by atoms with Crippen molar-refractivity contribution in [1.82, 2.24) is 4.90 Å². The van der Waals surface area contributed by atoms with Gasteiger partial charge < -0.3 is 15.1 Å². The average Bonchev–Trinajstić information content (AvgIpc) is 2.64. The SMILES string of the molecule is CC(=O)c1cccc(NC(=S)N2CCN(c3cccc(C)c3C)CC2)c1. The van der Waals surface area contributed by atoms with E-state index in [2.05, 4.69) is 47.2 Å². The number of ketones is 1. The van der Waals surface area contributed by atoms with Crippen molar-refractivity contribution in [3.8, 4) is 0 Å². The molecule has 3 rings (SSSR count). The van der Waals surface area contributed by atoms with Crippen molar-refractivity contribution < 1.29 is 4.79 Å². The van der Waals surface area contributed by atoms with Gasteiger partial charge >= 0.3 is 0 Å². The lowest BCUT2D eigenvalue weighted by Gasteiger charge is -2.38. The number of carbonyl (C=O) groups is 1. The van der Waals surface area contributed by atoms with Gasteiger partial charge in [0.05, 0.1) is 0 Å². The summed E-state index contributed by atoms with van der Waals surface area (Å²) in [5.41, 5.74) is 5.55. The van der Waals surface area contributed by atoms with Gasteiger partial charge in [-0.05, 0) is 62.3 Å². The first-order chi connectivity index (χ1) is 12.5. The van der Waals surface area contributed by atoms with Crippen molar-refractivity contribution in [3.05, 3.63) is 59.2 Å². The monoisotopic (exact) mass is 367 g/mol. The molecule has 1 N–H and O–H groups in total. The summed E-state index contributed by atoms with van der Waals surface area (Å²) in [5, 5.41) is 3.98. The third-order valence-corrected chi connectivity index (χ3v) is 5.36. The van der Waals surface area contributed by atoms with Crippen LogP contribution in [0.3, 0.4) is 0 Å². The van der Waals surface area contributed by atoms with Crippen LogP contribution in [0.1, 0.15) is 28.4 Å². The van der Waals surface area contributed by atoms with Gasteiger partial charge in [0, 0.05) is 43.1 Å². The van der Waals surface area contributed by atoms with E-state index in [9.17, 15) is 4.79 Å². The third kappa shape index (κ3) is 4.05. The fourth-order valence-electron chi connectivity index (χ4n) is 3.25. The van der Waals surface area contributed by atoms with E-state index in [1.54, 1.807) is 6.92 Å². The average molecular weight is 368 g/mol. The molecule has 1 heterocycles. The Morgan fingerprint density at radius 2 is 1.73 bits per heavy atom. The molecule has 0 amide bonds. The highest BCUT2D eigenvalue weighted by atomic mass is 32.1. The lowest BCUT2D eigenvalue weighted by Crippen LogP contribution is -2.50. The fraction of sp³-hybridized carbons (Fsp3) is 0.333. The highest BCUT2D eigenvalue weighted by Gasteiger charge is 2.20. The molecule has 1 aliphatic rings. The van der Waals surface area contributed by atoms with Crippen LogP contribution in [-0.4, -0.2) is 42.0 Å².